The van der Waals surface area contributed by atoms with E-state index in [1.165, 1.54) is 7.11 Å². The van der Waals surface area contributed by atoms with Crippen molar-refractivity contribution in [1.29, 1.82) is 5.26 Å². The lowest BCUT2D eigenvalue weighted by Gasteiger charge is -2.10. The van der Waals surface area contributed by atoms with Gasteiger partial charge in [0.25, 0.3) is 0 Å². The van der Waals surface area contributed by atoms with E-state index in [0.717, 1.165) is 0 Å². The summed E-state index contributed by atoms with van der Waals surface area (Å²) in [5.74, 6) is 1.34. The summed E-state index contributed by atoms with van der Waals surface area (Å²) in [6.45, 7) is 0. The van der Waals surface area contributed by atoms with Gasteiger partial charge in [0, 0.05) is 17.2 Å². The predicted octanol–water partition coefficient (Wildman–Crippen LogP) is 4.67. The highest BCUT2D eigenvalue weighted by atomic mass is 35.5. The Balaban J connectivity index is 2.42. The molecule has 0 amide bonds. The first kappa shape index (κ1) is 13.5. The summed E-state index contributed by atoms with van der Waals surface area (Å²) in [7, 11) is 1.54. The molecule has 19 heavy (non-hydrogen) atoms. The van der Waals surface area contributed by atoms with Crippen LogP contribution < -0.4 is 9.47 Å². The van der Waals surface area contributed by atoms with E-state index in [1.807, 2.05) is 6.07 Å². The quantitative estimate of drug-likeness (QED) is 0.826. The van der Waals surface area contributed by atoms with Crippen LogP contribution in [-0.2, 0) is 0 Å². The number of halogens is 2. The van der Waals surface area contributed by atoms with E-state index in [2.05, 4.69) is 0 Å². The van der Waals surface area contributed by atoms with Crippen molar-refractivity contribution in [2.24, 2.45) is 0 Å². The summed E-state index contributed by atoms with van der Waals surface area (Å²) in [4.78, 5) is 0. The summed E-state index contributed by atoms with van der Waals surface area (Å²) >= 11 is 11.9. The largest absolute Gasteiger partial charge is 0.497 e. The highest BCUT2D eigenvalue weighted by Gasteiger charge is 2.09. The fourth-order valence-corrected chi connectivity index (χ4v) is 1.80. The Labute approximate surface area is 120 Å². The maximum absolute atomic E-state index is 9.05. The summed E-state index contributed by atoms with van der Waals surface area (Å²) in [6, 6.07) is 11.8. The van der Waals surface area contributed by atoms with Crippen molar-refractivity contribution in [3.8, 4) is 23.3 Å². The number of nitriles is 1. The van der Waals surface area contributed by atoms with Crippen molar-refractivity contribution in [2.45, 2.75) is 0 Å². The third kappa shape index (κ3) is 3.11. The zero-order valence-corrected chi connectivity index (χ0v) is 11.5. The number of hydrogen-bond donors (Lipinski definition) is 0. The number of nitrogens with zero attached hydrogens (tertiary/aromatic N) is 1. The van der Waals surface area contributed by atoms with Gasteiger partial charge in [-0.15, -0.1) is 0 Å². The molecular weight excluding hydrogens is 285 g/mol. The molecule has 0 saturated heterocycles. The first-order chi connectivity index (χ1) is 9.13. The number of methoxy groups -OCH3 is 1. The highest BCUT2D eigenvalue weighted by Crippen LogP contribution is 2.34. The molecule has 96 valence electrons. The Hall–Kier alpha value is -1.89. The molecule has 0 heterocycles. The molecule has 0 fully saturated rings. The van der Waals surface area contributed by atoms with Crippen LogP contribution in [0.5, 0.6) is 17.2 Å². The van der Waals surface area contributed by atoms with Crippen molar-refractivity contribution in [3.63, 3.8) is 0 Å². The first-order valence-electron chi connectivity index (χ1n) is 5.35. The minimum atomic E-state index is 0.367. The number of benzene rings is 2. The van der Waals surface area contributed by atoms with Gasteiger partial charge in [-0.05, 0) is 24.3 Å². The van der Waals surface area contributed by atoms with Crippen LogP contribution in [0.3, 0.4) is 0 Å². The average molecular weight is 294 g/mol. The van der Waals surface area contributed by atoms with Crippen LogP contribution in [0.2, 0.25) is 10.0 Å². The van der Waals surface area contributed by atoms with Gasteiger partial charge in [0.05, 0.1) is 17.7 Å². The van der Waals surface area contributed by atoms with Crippen molar-refractivity contribution in [3.05, 3.63) is 52.0 Å². The summed E-state index contributed by atoms with van der Waals surface area (Å²) in [5, 5.41) is 9.97. The second kappa shape index (κ2) is 5.83. The smallest absolute Gasteiger partial charge is 0.148 e. The van der Waals surface area contributed by atoms with Gasteiger partial charge < -0.3 is 9.47 Å². The van der Waals surface area contributed by atoms with Crippen molar-refractivity contribution < 1.29 is 9.47 Å². The topological polar surface area (TPSA) is 42.2 Å². The second-order valence-corrected chi connectivity index (χ2v) is 4.49. The van der Waals surface area contributed by atoms with E-state index >= 15 is 0 Å². The maximum atomic E-state index is 9.05. The summed E-state index contributed by atoms with van der Waals surface area (Å²) < 4.78 is 10.7. The molecule has 2 aromatic rings. The molecule has 0 aliphatic rings. The van der Waals surface area contributed by atoms with E-state index < -0.39 is 0 Å². The lowest BCUT2D eigenvalue weighted by atomic mass is 10.2. The van der Waals surface area contributed by atoms with Gasteiger partial charge in [-0.3, -0.25) is 0 Å². The predicted molar refractivity (Wildman–Crippen MR) is 74.2 cm³/mol. The standard InChI is InChI=1S/C14H9Cl2NO2/c1-18-11-4-2-9(8-17)13(7-11)19-14-6-10(15)3-5-12(14)16/h2-7H,1H3. The van der Waals surface area contributed by atoms with Gasteiger partial charge in [-0.1, -0.05) is 23.2 Å². The van der Waals surface area contributed by atoms with Gasteiger partial charge in [0.2, 0.25) is 0 Å². The van der Waals surface area contributed by atoms with Crippen LogP contribution in [0, 0.1) is 11.3 Å². The van der Waals surface area contributed by atoms with Gasteiger partial charge in [0.1, 0.15) is 23.3 Å². The molecule has 0 N–H and O–H groups in total. The molecule has 0 aliphatic carbocycles. The van der Waals surface area contributed by atoms with Gasteiger partial charge in [-0.25, -0.2) is 0 Å². The van der Waals surface area contributed by atoms with Crippen molar-refractivity contribution >= 4 is 23.2 Å². The molecule has 0 saturated carbocycles. The molecule has 0 aromatic heterocycles. The van der Waals surface area contributed by atoms with Crippen LogP contribution in [0.1, 0.15) is 5.56 Å². The average Bonchev–Trinajstić information content (AvgIpc) is 2.42. The molecular formula is C14H9Cl2NO2. The molecule has 0 bridgehead atoms. The Kier molecular flexibility index (Phi) is 4.16. The molecule has 2 rings (SSSR count). The molecule has 3 nitrogen and oxygen atoms in total. The fraction of sp³-hybridized carbons (Fsp3) is 0.0714. The van der Waals surface area contributed by atoms with Crippen molar-refractivity contribution in [1.82, 2.24) is 0 Å². The zero-order valence-electron chi connectivity index (χ0n) is 9.98. The third-order valence-corrected chi connectivity index (χ3v) is 2.97. The normalized spacial score (nSPS) is 9.79. The lowest BCUT2D eigenvalue weighted by Crippen LogP contribution is -1.91. The Morgan fingerprint density at radius 1 is 1.05 bits per heavy atom. The van der Waals surface area contributed by atoms with Crippen LogP contribution >= 0.6 is 23.2 Å². The number of hydrogen-bond acceptors (Lipinski definition) is 3. The molecule has 0 unspecified atom stereocenters. The first-order valence-corrected chi connectivity index (χ1v) is 6.10. The third-order valence-electron chi connectivity index (χ3n) is 2.42. The molecule has 0 aliphatic heterocycles. The molecule has 0 spiro atoms. The molecule has 0 atom stereocenters. The van der Waals surface area contributed by atoms with E-state index in [4.69, 9.17) is 37.9 Å². The minimum absolute atomic E-state index is 0.367. The van der Waals surface area contributed by atoms with Crippen LogP contribution in [0.4, 0.5) is 0 Å². The van der Waals surface area contributed by atoms with E-state index in [9.17, 15) is 0 Å². The highest BCUT2D eigenvalue weighted by molar-refractivity contribution is 6.34. The minimum Gasteiger partial charge on any atom is -0.497 e. The number of rotatable bonds is 3. The van der Waals surface area contributed by atoms with Crippen molar-refractivity contribution in [2.75, 3.05) is 7.11 Å². The summed E-state index contributed by atoms with van der Waals surface area (Å²) in [6.07, 6.45) is 0. The molecule has 2 aromatic carbocycles. The Morgan fingerprint density at radius 2 is 1.84 bits per heavy atom. The zero-order chi connectivity index (χ0) is 13.8. The van der Waals surface area contributed by atoms with E-state index in [1.54, 1.807) is 36.4 Å². The van der Waals surface area contributed by atoms with Gasteiger partial charge >= 0.3 is 0 Å². The Bertz CT molecular complexity index is 650. The Morgan fingerprint density at radius 3 is 2.53 bits per heavy atom. The maximum Gasteiger partial charge on any atom is 0.148 e. The van der Waals surface area contributed by atoms with E-state index in [-0.39, 0.29) is 0 Å². The van der Waals surface area contributed by atoms with Crippen LogP contribution in [0.25, 0.3) is 0 Å². The lowest BCUT2D eigenvalue weighted by molar-refractivity contribution is 0.409. The van der Waals surface area contributed by atoms with Crippen LogP contribution in [0.15, 0.2) is 36.4 Å². The van der Waals surface area contributed by atoms with E-state index in [0.29, 0.717) is 32.9 Å². The van der Waals surface area contributed by atoms with Gasteiger partial charge in [0.15, 0.2) is 0 Å². The monoisotopic (exact) mass is 293 g/mol. The fourth-order valence-electron chi connectivity index (χ4n) is 1.48. The molecule has 5 heteroatoms. The van der Waals surface area contributed by atoms with Crippen LogP contribution in [-0.4, -0.2) is 7.11 Å². The summed E-state index contributed by atoms with van der Waals surface area (Å²) in [5.41, 5.74) is 0.386. The number of ether oxygens (including phenoxy) is 2. The molecule has 0 radical (unpaired) electrons. The SMILES string of the molecule is COc1ccc(C#N)c(Oc2cc(Cl)ccc2Cl)c1. The second-order valence-electron chi connectivity index (χ2n) is 3.65. The van der Waals surface area contributed by atoms with Gasteiger partial charge in [-0.2, -0.15) is 5.26 Å².